The van der Waals surface area contributed by atoms with Crippen LogP contribution in [0.25, 0.3) is 0 Å². The van der Waals surface area contributed by atoms with Gasteiger partial charge in [-0.05, 0) is 79.7 Å². The molecule has 0 bridgehead atoms. The summed E-state index contributed by atoms with van der Waals surface area (Å²) in [5.74, 6) is -0.0164. The predicted octanol–water partition coefficient (Wildman–Crippen LogP) is 8.28. The second-order valence-electron chi connectivity index (χ2n) is 14.5. The smallest absolute Gasteiger partial charge is 0.309 e. The Labute approximate surface area is 278 Å². The Balaban J connectivity index is 1.52. The Morgan fingerprint density at radius 1 is 0.804 bits per heavy atom. The average Bonchev–Trinajstić information content (AvgIpc) is 3.06. The molecule has 46 heavy (non-hydrogen) atoms. The van der Waals surface area contributed by atoms with Gasteiger partial charge in [-0.25, -0.2) is 0 Å². The van der Waals surface area contributed by atoms with Crippen molar-refractivity contribution in [3.63, 3.8) is 0 Å². The molecule has 6 heteroatoms. The van der Waals surface area contributed by atoms with Crippen molar-refractivity contribution in [2.45, 2.75) is 76.7 Å². The van der Waals surface area contributed by atoms with Gasteiger partial charge in [-0.15, -0.1) is 0 Å². The number of hydrogen-bond acceptors (Lipinski definition) is 5. The van der Waals surface area contributed by atoms with Crippen LogP contribution in [0.15, 0.2) is 103 Å². The van der Waals surface area contributed by atoms with E-state index in [9.17, 15) is 4.79 Å². The summed E-state index contributed by atoms with van der Waals surface area (Å²) < 4.78 is 12.5. The number of nitrogens with zero attached hydrogens (tertiary/aromatic N) is 2. The van der Waals surface area contributed by atoms with Gasteiger partial charge in [0.1, 0.15) is 0 Å². The van der Waals surface area contributed by atoms with Gasteiger partial charge in [-0.2, -0.15) is 0 Å². The fourth-order valence-corrected chi connectivity index (χ4v) is 8.29. The summed E-state index contributed by atoms with van der Waals surface area (Å²) in [5, 5.41) is 0.131. The van der Waals surface area contributed by atoms with Crippen LogP contribution in [0.1, 0.15) is 63.6 Å². The van der Waals surface area contributed by atoms with Crippen molar-refractivity contribution < 1.29 is 14.0 Å². The maximum atomic E-state index is 12.4. The SMILES string of the molecule is CCOC(=O)C1CCN(C/C=C2\CN(C(c3ccccc3)(c3ccccc3)c3ccccc3)CCC2O[Si](C)(C)C(C)(C)C)CC1. The first-order chi connectivity index (χ1) is 22.1. The van der Waals surface area contributed by atoms with Gasteiger partial charge in [0.05, 0.1) is 24.2 Å². The standard InChI is InChI=1S/C40H54N2O3Si/c1-7-44-38(43)32-23-27-41(28-24-32)29-25-33-31-42(30-26-37(33)45-46(5,6)39(2,3)4)40(34-17-11-8-12-18-34,35-19-13-9-14-20-35)36-21-15-10-16-22-36/h8-22,25,32,37H,7,23-24,26-31H2,1-6H3/b33-25+. The number of piperidine rings is 2. The molecule has 0 aliphatic carbocycles. The molecule has 1 unspecified atom stereocenters. The van der Waals surface area contributed by atoms with Gasteiger partial charge >= 0.3 is 5.97 Å². The van der Waals surface area contributed by atoms with Crippen LogP contribution in [0.4, 0.5) is 0 Å². The molecule has 0 N–H and O–H groups in total. The largest absolute Gasteiger partial charge is 0.466 e. The van der Waals surface area contributed by atoms with Gasteiger partial charge in [-0.1, -0.05) is 118 Å². The fourth-order valence-electron chi connectivity index (χ4n) is 6.95. The molecular weight excluding hydrogens is 585 g/mol. The first-order valence-electron chi connectivity index (χ1n) is 17.2. The lowest BCUT2D eigenvalue weighted by Crippen LogP contribution is -2.55. The van der Waals surface area contributed by atoms with E-state index in [0.29, 0.717) is 6.61 Å². The van der Waals surface area contributed by atoms with Crippen molar-refractivity contribution in [2.24, 2.45) is 5.92 Å². The van der Waals surface area contributed by atoms with E-state index in [-0.39, 0.29) is 23.0 Å². The fraction of sp³-hybridized carbons (Fsp3) is 0.475. The van der Waals surface area contributed by atoms with E-state index in [1.165, 1.54) is 22.3 Å². The van der Waals surface area contributed by atoms with Crippen molar-refractivity contribution in [1.82, 2.24) is 9.80 Å². The molecule has 1 atom stereocenters. The van der Waals surface area contributed by atoms with E-state index in [1.807, 2.05) is 6.92 Å². The van der Waals surface area contributed by atoms with Gasteiger partial charge in [0.2, 0.25) is 0 Å². The molecule has 246 valence electrons. The molecule has 3 aromatic rings. The molecule has 0 amide bonds. The lowest BCUT2D eigenvalue weighted by atomic mass is 9.74. The number of esters is 1. The third-order valence-electron chi connectivity index (χ3n) is 10.6. The van der Waals surface area contributed by atoms with Crippen molar-refractivity contribution >= 4 is 14.3 Å². The summed E-state index contributed by atoms with van der Waals surface area (Å²) in [6.07, 6.45) is 5.21. The molecule has 2 saturated heterocycles. The van der Waals surface area contributed by atoms with Crippen molar-refractivity contribution in [1.29, 1.82) is 0 Å². The summed E-state index contributed by atoms with van der Waals surface area (Å²) in [6, 6.07) is 33.1. The Hall–Kier alpha value is -3.03. The maximum Gasteiger partial charge on any atom is 0.309 e. The second kappa shape index (κ2) is 14.8. The van der Waals surface area contributed by atoms with Crippen LogP contribution in [-0.2, 0) is 19.5 Å². The Morgan fingerprint density at radius 2 is 1.30 bits per heavy atom. The number of benzene rings is 3. The van der Waals surface area contributed by atoms with E-state index in [2.05, 4.69) is 141 Å². The molecule has 5 nitrogen and oxygen atoms in total. The van der Waals surface area contributed by atoms with E-state index >= 15 is 0 Å². The minimum atomic E-state index is -2.02. The minimum Gasteiger partial charge on any atom is -0.466 e. The highest BCUT2D eigenvalue weighted by molar-refractivity contribution is 6.74. The molecule has 0 saturated carbocycles. The monoisotopic (exact) mass is 638 g/mol. The van der Waals surface area contributed by atoms with Crippen molar-refractivity contribution in [3.05, 3.63) is 119 Å². The van der Waals surface area contributed by atoms with Gasteiger partial charge in [0, 0.05) is 19.6 Å². The third-order valence-corrected chi connectivity index (χ3v) is 15.0. The molecule has 5 rings (SSSR count). The molecule has 0 aromatic heterocycles. The summed E-state index contributed by atoms with van der Waals surface area (Å²) in [4.78, 5) is 17.6. The quantitative estimate of drug-likeness (QED) is 0.0968. The highest BCUT2D eigenvalue weighted by Gasteiger charge is 2.46. The van der Waals surface area contributed by atoms with Crippen LogP contribution < -0.4 is 0 Å². The topological polar surface area (TPSA) is 42.0 Å². The van der Waals surface area contributed by atoms with E-state index < -0.39 is 13.9 Å². The zero-order valence-corrected chi connectivity index (χ0v) is 29.9. The van der Waals surface area contributed by atoms with E-state index in [4.69, 9.17) is 9.16 Å². The van der Waals surface area contributed by atoms with Crippen molar-refractivity contribution in [3.8, 4) is 0 Å². The van der Waals surface area contributed by atoms with Gasteiger partial charge in [0.15, 0.2) is 8.32 Å². The van der Waals surface area contributed by atoms with Crippen LogP contribution in [0.2, 0.25) is 18.1 Å². The number of ether oxygens (including phenoxy) is 1. The number of hydrogen-bond donors (Lipinski definition) is 0. The lowest BCUT2D eigenvalue weighted by molar-refractivity contribution is -0.149. The van der Waals surface area contributed by atoms with Crippen LogP contribution in [0.5, 0.6) is 0 Å². The van der Waals surface area contributed by atoms with Gasteiger partial charge < -0.3 is 9.16 Å². The first-order valence-corrected chi connectivity index (χ1v) is 20.1. The van der Waals surface area contributed by atoms with Crippen molar-refractivity contribution in [2.75, 3.05) is 39.3 Å². The molecule has 2 fully saturated rings. The normalized spacial score (nSPS) is 20.1. The first kappa shape index (κ1) is 34.3. The van der Waals surface area contributed by atoms with Gasteiger partial charge in [-0.3, -0.25) is 14.6 Å². The molecule has 0 spiro atoms. The molecule has 2 aliphatic heterocycles. The lowest BCUT2D eigenvalue weighted by Gasteiger charge is -2.50. The third kappa shape index (κ3) is 7.41. The molecule has 2 heterocycles. The van der Waals surface area contributed by atoms with Crippen LogP contribution in [-0.4, -0.2) is 69.5 Å². The van der Waals surface area contributed by atoms with Crippen LogP contribution >= 0.6 is 0 Å². The van der Waals surface area contributed by atoms with E-state index in [0.717, 1.165) is 52.0 Å². The Kier molecular flexibility index (Phi) is 11.0. The van der Waals surface area contributed by atoms with E-state index in [1.54, 1.807) is 0 Å². The number of likely N-dealkylation sites (tertiary alicyclic amines) is 2. The minimum absolute atomic E-state index is 0.0203. The van der Waals surface area contributed by atoms with Gasteiger partial charge in [0.25, 0.3) is 0 Å². The highest BCUT2D eigenvalue weighted by atomic mass is 28.4. The number of rotatable bonds is 10. The summed E-state index contributed by atoms with van der Waals surface area (Å²) in [7, 11) is -2.02. The number of carbonyl (C=O) groups is 1. The zero-order chi connectivity index (χ0) is 32.8. The van der Waals surface area contributed by atoms with Crippen LogP contribution in [0, 0.1) is 5.92 Å². The predicted molar refractivity (Wildman–Crippen MR) is 191 cm³/mol. The molecule has 2 aliphatic rings. The molecule has 0 radical (unpaired) electrons. The van der Waals surface area contributed by atoms with Crippen LogP contribution in [0.3, 0.4) is 0 Å². The molecular formula is C40H54N2O3Si. The average molecular weight is 639 g/mol. The summed E-state index contributed by atoms with van der Waals surface area (Å²) in [5.41, 5.74) is 4.74. The number of carbonyl (C=O) groups excluding carboxylic acids is 1. The highest BCUT2D eigenvalue weighted by Crippen LogP contribution is 2.46. The Morgan fingerprint density at radius 3 is 1.76 bits per heavy atom. The summed E-state index contributed by atoms with van der Waals surface area (Å²) in [6.45, 7) is 18.5. The Bertz CT molecular complexity index is 1330. The summed E-state index contributed by atoms with van der Waals surface area (Å²) >= 11 is 0. The maximum absolute atomic E-state index is 12.4. The zero-order valence-electron chi connectivity index (χ0n) is 28.9. The second-order valence-corrected chi connectivity index (χ2v) is 19.2. The molecule has 3 aromatic carbocycles.